The van der Waals surface area contributed by atoms with E-state index in [0.29, 0.717) is 19.1 Å². The second kappa shape index (κ2) is 9.65. The van der Waals surface area contributed by atoms with Crippen molar-refractivity contribution in [3.63, 3.8) is 0 Å². The van der Waals surface area contributed by atoms with E-state index in [-0.39, 0.29) is 5.56 Å². The van der Waals surface area contributed by atoms with Crippen molar-refractivity contribution in [2.45, 2.75) is 65.1 Å². The van der Waals surface area contributed by atoms with Gasteiger partial charge in [0.2, 0.25) is 0 Å². The number of fused-ring (bicyclic) bond motifs is 1. The van der Waals surface area contributed by atoms with Crippen molar-refractivity contribution in [2.75, 3.05) is 0 Å². The Balaban J connectivity index is 1.61. The summed E-state index contributed by atoms with van der Waals surface area (Å²) in [4.78, 5) is 18.3. The Bertz CT molecular complexity index is 1120. The van der Waals surface area contributed by atoms with E-state index in [2.05, 4.69) is 52.5 Å². The first-order valence-electron chi connectivity index (χ1n) is 11.2. The van der Waals surface area contributed by atoms with E-state index >= 15 is 0 Å². The molecule has 1 fully saturated rings. The van der Waals surface area contributed by atoms with E-state index in [1.807, 2.05) is 25.1 Å². The van der Waals surface area contributed by atoms with Crippen molar-refractivity contribution >= 4 is 28.2 Å². The lowest BCUT2D eigenvalue weighted by atomic mass is 9.94. The predicted octanol–water partition coefficient (Wildman–Crippen LogP) is 5.35. The van der Waals surface area contributed by atoms with Gasteiger partial charge in [-0.2, -0.15) is 0 Å². The SMILES string of the molecule is Cc1ccc(C)c2[nH]c(=O)c(CN(C(=S)NCc3ccccc3)C3CCCCC3)cc12. The number of aromatic nitrogens is 1. The van der Waals surface area contributed by atoms with Gasteiger partial charge in [-0.3, -0.25) is 4.79 Å². The number of aryl methyl sites for hydroxylation is 2. The molecule has 0 amide bonds. The standard InChI is InChI=1S/C26H31N3OS/c1-18-13-14-19(2)24-23(18)15-21(25(30)28-24)17-29(22-11-7-4-8-12-22)26(31)27-16-20-9-5-3-6-10-20/h3,5-6,9-10,13-15,22H,4,7-8,11-12,16-17H2,1-2H3,(H,27,31)(H,28,30). The van der Waals surface area contributed by atoms with Gasteiger partial charge in [0.05, 0.1) is 12.1 Å². The van der Waals surface area contributed by atoms with Crippen LogP contribution in [0.5, 0.6) is 0 Å². The molecule has 4 rings (SSSR count). The van der Waals surface area contributed by atoms with E-state index in [4.69, 9.17) is 12.2 Å². The van der Waals surface area contributed by atoms with Gasteiger partial charge in [0, 0.05) is 23.5 Å². The lowest BCUT2D eigenvalue weighted by Crippen LogP contribution is -2.46. The molecule has 31 heavy (non-hydrogen) atoms. The normalized spacial score (nSPS) is 14.5. The molecule has 162 valence electrons. The lowest BCUT2D eigenvalue weighted by molar-refractivity contribution is 0.234. The zero-order valence-corrected chi connectivity index (χ0v) is 19.2. The van der Waals surface area contributed by atoms with Crippen LogP contribution in [0.2, 0.25) is 0 Å². The molecular weight excluding hydrogens is 402 g/mol. The minimum absolute atomic E-state index is 0.0205. The summed E-state index contributed by atoms with van der Waals surface area (Å²) in [6, 6.07) is 16.9. The molecule has 1 saturated carbocycles. The molecular formula is C26H31N3OS. The van der Waals surface area contributed by atoms with Gasteiger partial charge in [-0.15, -0.1) is 0 Å². The fourth-order valence-corrected chi connectivity index (χ4v) is 4.84. The fourth-order valence-electron chi connectivity index (χ4n) is 4.55. The van der Waals surface area contributed by atoms with E-state index in [9.17, 15) is 4.79 Å². The minimum Gasteiger partial charge on any atom is -0.358 e. The second-order valence-corrected chi connectivity index (χ2v) is 9.06. The summed E-state index contributed by atoms with van der Waals surface area (Å²) in [6.45, 7) is 5.35. The maximum Gasteiger partial charge on any atom is 0.253 e. The van der Waals surface area contributed by atoms with Crippen LogP contribution in [0, 0.1) is 13.8 Å². The fraction of sp³-hybridized carbons (Fsp3) is 0.385. The number of thiocarbonyl (C=S) groups is 1. The van der Waals surface area contributed by atoms with Gasteiger partial charge < -0.3 is 15.2 Å². The number of aromatic amines is 1. The van der Waals surface area contributed by atoms with Crippen molar-refractivity contribution in [1.82, 2.24) is 15.2 Å². The van der Waals surface area contributed by atoms with Gasteiger partial charge in [-0.05, 0) is 61.7 Å². The minimum atomic E-state index is -0.0205. The molecule has 1 heterocycles. The van der Waals surface area contributed by atoms with E-state index in [0.717, 1.165) is 40.0 Å². The molecule has 0 unspecified atom stereocenters. The third-order valence-corrected chi connectivity index (χ3v) is 6.80. The average molecular weight is 434 g/mol. The molecule has 1 aromatic heterocycles. The summed E-state index contributed by atoms with van der Waals surface area (Å²) in [5.41, 5.74) is 5.15. The quantitative estimate of drug-likeness (QED) is 0.532. The molecule has 0 saturated heterocycles. The highest BCUT2D eigenvalue weighted by atomic mass is 32.1. The zero-order valence-electron chi connectivity index (χ0n) is 18.4. The summed E-state index contributed by atoms with van der Waals surface area (Å²) >= 11 is 5.84. The molecule has 5 heteroatoms. The Labute approximate surface area is 189 Å². The van der Waals surface area contributed by atoms with Crippen LogP contribution in [0.4, 0.5) is 0 Å². The topological polar surface area (TPSA) is 48.1 Å². The number of hydrogen-bond acceptors (Lipinski definition) is 2. The van der Waals surface area contributed by atoms with Crippen molar-refractivity contribution in [3.05, 3.63) is 81.1 Å². The Morgan fingerprint density at radius 1 is 1.06 bits per heavy atom. The molecule has 0 atom stereocenters. The van der Waals surface area contributed by atoms with Gasteiger partial charge in [-0.25, -0.2) is 0 Å². The maximum atomic E-state index is 13.0. The van der Waals surface area contributed by atoms with Crippen LogP contribution in [-0.2, 0) is 13.1 Å². The summed E-state index contributed by atoms with van der Waals surface area (Å²) in [5.74, 6) is 0. The van der Waals surface area contributed by atoms with Gasteiger partial charge in [-0.1, -0.05) is 61.7 Å². The molecule has 1 aliphatic carbocycles. The van der Waals surface area contributed by atoms with Crippen molar-refractivity contribution in [3.8, 4) is 0 Å². The second-order valence-electron chi connectivity index (χ2n) is 8.68. The van der Waals surface area contributed by atoms with Crippen LogP contribution in [0.25, 0.3) is 10.9 Å². The van der Waals surface area contributed by atoms with Gasteiger partial charge in [0.15, 0.2) is 5.11 Å². The number of nitrogens with zero attached hydrogens (tertiary/aromatic N) is 1. The Kier molecular flexibility index (Phi) is 6.71. The van der Waals surface area contributed by atoms with E-state index < -0.39 is 0 Å². The number of pyridine rings is 1. The van der Waals surface area contributed by atoms with Crippen LogP contribution in [0.15, 0.2) is 53.3 Å². The maximum absolute atomic E-state index is 13.0. The van der Waals surface area contributed by atoms with E-state index in [1.54, 1.807) is 0 Å². The predicted molar refractivity (Wildman–Crippen MR) is 132 cm³/mol. The first-order valence-corrected chi connectivity index (χ1v) is 11.6. The number of hydrogen-bond donors (Lipinski definition) is 2. The molecule has 0 bridgehead atoms. The van der Waals surface area contributed by atoms with Gasteiger partial charge in [0.1, 0.15) is 0 Å². The molecule has 2 N–H and O–H groups in total. The zero-order chi connectivity index (χ0) is 21.8. The largest absolute Gasteiger partial charge is 0.358 e. The number of H-pyrrole nitrogens is 1. The summed E-state index contributed by atoms with van der Waals surface area (Å²) in [7, 11) is 0. The molecule has 0 spiro atoms. The summed E-state index contributed by atoms with van der Waals surface area (Å²) in [6.07, 6.45) is 5.96. The van der Waals surface area contributed by atoms with Crippen LogP contribution < -0.4 is 10.9 Å². The Morgan fingerprint density at radius 3 is 2.52 bits per heavy atom. The third-order valence-electron chi connectivity index (χ3n) is 6.42. The lowest BCUT2D eigenvalue weighted by Gasteiger charge is -2.36. The Morgan fingerprint density at radius 2 is 1.77 bits per heavy atom. The van der Waals surface area contributed by atoms with Crippen LogP contribution >= 0.6 is 12.2 Å². The smallest absolute Gasteiger partial charge is 0.253 e. The highest BCUT2D eigenvalue weighted by Gasteiger charge is 2.24. The van der Waals surface area contributed by atoms with Crippen molar-refractivity contribution in [1.29, 1.82) is 0 Å². The molecule has 4 nitrogen and oxygen atoms in total. The van der Waals surface area contributed by atoms with Crippen LogP contribution in [-0.4, -0.2) is 21.0 Å². The monoisotopic (exact) mass is 433 g/mol. The van der Waals surface area contributed by atoms with Crippen LogP contribution in [0.1, 0.15) is 54.4 Å². The highest BCUT2D eigenvalue weighted by molar-refractivity contribution is 7.80. The highest BCUT2D eigenvalue weighted by Crippen LogP contribution is 2.25. The molecule has 1 aliphatic rings. The third kappa shape index (κ3) is 4.99. The summed E-state index contributed by atoms with van der Waals surface area (Å²) in [5, 5.41) is 5.28. The van der Waals surface area contributed by atoms with Gasteiger partial charge >= 0.3 is 0 Å². The Hall–Kier alpha value is -2.66. The van der Waals surface area contributed by atoms with E-state index in [1.165, 1.54) is 30.4 Å². The number of nitrogens with one attached hydrogen (secondary N) is 2. The molecule has 0 radical (unpaired) electrons. The summed E-state index contributed by atoms with van der Waals surface area (Å²) < 4.78 is 0. The van der Waals surface area contributed by atoms with Crippen molar-refractivity contribution < 1.29 is 0 Å². The first kappa shape index (κ1) is 21.6. The average Bonchev–Trinajstić information content (AvgIpc) is 2.80. The molecule has 0 aliphatic heterocycles. The number of rotatable bonds is 5. The molecule has 3 aromatic rings. The first-order chi connectivity index (χ1) is 15.0. The van der Waals surface area contributed by atoms with Crippen LogP contribution in [0.3, 0.4) is 0 Å². The van der Waals surface area contributed by atoms with Crippen molar-refractivity contribution in [2.24, 2.45) is 0 Å². The molecule has 2 aromatic carbocycles. The number of benzene rings is 2. The van der Waals surface area contributed by atoms with Gasteiger partial charge in [0.25, 0.3) is 5.56 Å².